The number of aryl methyl sites for hydroxylation is 3. The molecule has 0 radical (unpaired) electrons. The van der Waals surface area contributed by atoms with Crippen molar-refractivity contribution >= 4 is 0 Å². The fourth-order valence-electron chi connectivity index (χ4n) is 5.02. The molecule has 0 saturated heterocycles. The van der Waals surface area contributed by atoms with Crippen LogP contribution in [0.3, 0.4) is 0 Å². The zero-order valence-electron chi connectivity index (χ0n) is 14.0. The summed E-state index contributed by atoms with van der Waals surface area (Å²) in [6.45, 7) is 6.82. The summed E-state index contributed by atoms with van der Waals surface area (Å²) in [5.74, 6) is 2.63. The van der Waals surface area contributed by atoms with E-state index in [-0.39, 0.29) is 6.04 Å². The molecule has 2 fully saturated rings. The molecule has 2 aliphatic rings. The Balaban J connectivity index is 1.96. The van der Waals surface area contributed by atoms with Gasteiger partial charge in [-0.25, -0.2) is 0 Å². The van der Waals surface area contributed by atoms with Gasteiger partial charge in [0.15, 0.2) is 0 Å². The Morgan fingerprint density at radius 2 is 1.67 bits per heavy atom. The Morgan fingerprint density at radius 3 is 2.10 bits per heavy atom. The van der Waals surface area contributed by atoms with Crippen LogP contribution in [0.1, 0.15) is 74.8 Å². The Labute approximate surface area is 130 Å². The van der Waals surface area contributed by atoms with E-state index in [4.69, 9.17) is 5.73 Å². The van der Waals surface area contributed by atoms with Gasteiger partial charge in [-0.2, -0.15) is 0 Å². The van der Waals surface area contributed by atoms with Crippen LogP contribution in [0.4, 0.5) is 0 Å². The van der Waals surface area contributed by atoms with Crippen LogP contribution in [-0.2, 0) is 19.3 Å². The molecule has 0 spiro atoms. The van der Waals surface area contributed by atoms with Crippen molar-refractivity contribution in [3.05, 3.63) is 34.4 Å². The lowest BCUT2D eigenvalue weighted by atomic mass is 9.77. The van der Waals surface area contributed by atoms with E-state index < -0.39 is 0 Å². The lowest BCUT2D eigenvalue weighted by Gasteiger charge is -2.31. The molecule has 2 bridgehead atoms. The summed E-state index contributed by atoms with van der Waals surface area (Å²) < 4.78 is 0. The molecule has 1 aromatic rings. The fraction of sp³-hybridized carbons (Fsp3) is 0.700. The first-order chi connectivity index (χ1) is 10.2. The van der Waals surface area contributed by atoms with Crippen molar-refractivity contribution in [2.75, 3.05) is 0 Å². The average Bonchev–Trinajstić information content (AvgIpc) is 3.15. The maximum atomic E-state index is 6.83. The molecule has 2 aliphatic carbocycles. The zero-order chi connectivity index (χ0) is 15.0. The third kappa shape index (κ3) is 2.65. The second-order valence-electron chi connectivity index (χ2n) is 7.25. The van der Waals surface area contributed by atoms with Crippen molar-refractivity contribution in [2.45, 2.75) is 71.8 Å². The number of fused-ring (bicyclic) bond motifs is 2. The quantitative estimate of drug-likeness (QED) is 0.825. The molecule has 0 heterocycles. The summed E-state index contributed by atoms with van der Waals surface area (Å²) >= 11 is 0. The minimum absolute atomic E-state index is 0.274. The normalized spacial score (nSPS) is 29.0. The molecule has 2 saturated carbocycles. The number of rotatable bonds is 5. The van der Waals surface area contributed by atoms with Gasteiger partial charge in [0.1, 0.15) is 0 Å². The van der Waals surface area contributed by atoms with E-state index in [0.29, 0.717) is 0 Å². The molecular formula is C20H31N. The predicted octanol–water partition coefficient (Wildman–Crippen LogP) is 4.81. The number of hydrogen-bond donors (Lipinski definition) is 1. The van der Waals surface area contributed by atoms with Gasteiger partial charge in [0.05, 0.1) is 0 Å². The molecule has 0 aliphatic heterocycles. The van der Waals surface area contributed by atoms with E-state index in [1.54, 1.807) is 0 Å². The Kier molecular flexibility index (Phi) is 4.40. The van der Waals surface area contributed by atoms with Crippen molar-refractivity contribution in [1.82, 2.24) is 0 Å². The Bertz CT molecular complexity index is 480. The second-order valence-corrected chi connectivity index (χ2v) is 7.25. The van der Waals surface area contributed by atoms with E-state index in [2.05, 4.69) is 32.9 Å². The molecule has 0 aromatic heterocycles. The standard InChI is InChI=1S/C20H31N/c1-4-13-9-15(5-2)19(16(6-3)10-13)20(21)18-12-14-7-8-17(18)11-14/h9-10,14,17-18,20H,4-8,11-12,21H2,1-3H3. The predicted molar refractivity (Wildman–Crippen MR) is 90.4 cm³/mol. The third-order valence-electron chi connectivity index (χ3n) is 6.17. The number of nitrogens with two attached hydrogens (primary N) is 1. The lowest BCUT2D eigenvalue weighted by Crippen LogP contribution is -2.28. The highest BCUT2D eigenvalue weighted by atomic mass is 14.7. The third-order valence-corrected chi connectivity index (χ3v) is 6.17. The minimum Gasteiger partial charge on any atom is -0.324 e. The van der Waals surface area contributed by atoms with E-state index >= 15 is 0 Å². The summed E-state index contributed by atoms with van der Waals surface area (Å²) in [5, 5.41) is 0. The molecular weight excluding hydrogens is 254 g/mol. The van der Waals surface area contributed by atoms with Crippen molar-refractivity contribution in [1.29, 1.82) is 0 Å². The summed E-state index contributed by atoms with van der Waals surface area (Å²) in [7, 11) is 0. The Morgan fingerprint density at radius 1 is 1.00 bits per heavy atom. The van der Waals surface area contributed by atoms with Crippen LogP contribution in [0.25, 0.3) is 0 Å². The minimum atomic E-state index is 0.274. The second kappa shape index (κ2) is 6.12. The monoisotopic (exact) mass is 285 g/mol. The van der Waals surface area contributed by atoms with E-state index in [1.165, 1.54) is 47.9 Å². The average molecular weight is 285 g/mol. The van der Waals surface area contributed by atoms with Gasteiger partial charge in [-0.1, -0.05) is 39.3 Å². The maximum Gasteiger partial charge on any atom is 0.0331 e. The molecule has 2 N–H and O–H groups in total. The van der Waals surface area contributed by atoms with Gasteiger partial charge in [-0.15, -0.1) is 0 Å². The summed E-state index contributed by atoms with van der Waals surface area (Å²) in [5.41, 5.74) is 12.8. The van der Waals surface area contributed by atoms with Gasteiger partial charge in [-0.3, -0.25) is 0 Å². The highest BCUT2D eigenvalue weighted by Gasteiger charge is 2.43. The SMILES string of the molecule is CCc1cc(CC)c(C(N)C2CC3CCC2C3)c(CC)c1. The highest BCUT2D eigenvalue weighted by molar-refractivity contribution is 5.42. The first-order valence-electron chi connectivity index (χ1n) is 9.07. The van der Waals surface area contributed by atoms with Crippen LogP contribution < -0.4 is 5.73 Å². The summed E-state index contributed by atoms with van der Waals surface area (Å²) in [6.07, 6.45) is 9.09. The van der Waals surface area contributed by atoms with Crippen LogP contribution >= 0.6 is 0 Å². The van der Waals surface area contributed by atoms with Crippen molar-refractivity contribution in [3.8, 4) is 0 Å². The van der Waals surface area contributed by atoms with Crippen LogP contribution in [0.2, 0.25) is 0 Å². The van der Waals surface area contributed by atoms with E-state index in [0.717, 1.165) is 37.0 Å². The number of hydrogen-bond acceptors (Lipinski definition) is 1. The van der Waals surface area contributed by atoms with Gasteiger partial charge < -0.3 is 5.73 Å². The van der Waals surface area contributed by atoms with Gasteiger partial charge in [0.25, 0.3) is 0 Å². The highest BCUT2D eigenvalue weighted by Crippen LogP contribution is 2.52. The van der Waals surface area contributed by atoms with Crippen LogP contribution in [0.15, 0.2) is 12.1 Å². The van der Waals surface area contributed by atoms with Gasteiger partial charge in [0, 0.05) is 6.04 Å². The molecule has 4 atom stereocenters. The van der Waals surface area contributed by atoms with E-state index in [1.807, 2.05) is 0 Å². The molecule has 1 heteroatoms. The zero-order valence-corrected chi connectivity index (χ0v) is 14.0. The van der Waals surface area contributed by atoms with Gasteiger partial charge in [-0.05, 0) is 78.5 Å². The molecule has 3 rings (SSSR count). The number of benzene rings is 1. The van der Waals surface area contributed by atoms with Gasteiger partial charge in [0.2, 0.25) is 0 Å². The molecule has 0 amide bonds. The first kappa shape index (κ1) is 15.1. The molecule has 1 aromatic carbocycles. The summed E-state index contributed by atoms with van der Waals surface area (Å²) in [4.78, 5) is 0. The molecule has 116 valence electrons. The lowest BCUT2D eigenvalue weighted by molar-refractivity contribution is 0.283. The maximum absolute atomic E-state index is 6.83. The molecule has 1 nitrogen and oxygen atoms in total. The topological polar surface area (TPSA) is 26.0 Å². The van der Waals surface area contributed by atoms with Crippen molar-refractivity contribution in [3.63, 3.8) is 0 Å². The smallest absolute Gasteiger partial charge is 0.0331 e. The summed E-state index contributed by atoms with van der Waals surface area (Å²) in [6, 6.07) is 5.11. The Hall–Kier alpha value is -0.820. The van der Waals surface area contributed by atoms with Crippen molar-refractivity contribution in [2.24, 2.45) is 23.5 Å². The van der Waals surface area contributed by atoms with E-state index in [9.17, 15) is 0 Å². The first-order valence-corrected chi connectivity index (χ1v) is 9.07. The molecule has 4 unspecified atom stereocenters. The van der Waals surface area contributed by atoms with Crippen LogP contribution in [-0.4, -0.2) is 0 Å². The van der Waals surface area contributed by atoms with Crippen molar-refractivity contribution < 1.29 is 0 Å². The van der Waals surface area contributed by atoms with Crippen LogP contribution in [0, 0.1) is 17.8 Å². The largest absolute Gasteiger partial charge is 0.324 e. The molecule has 21 heavy (non-hydrogen) atoms. The van der Waals surface area contributed by atoms with Crippen LogP contribution in [0.5, 0.6) is 0 Å². The fourth-order valence-corrected chi connectivity index (χ4v) is 5.02. The van der Waals surface area contributed by atoms with Gasteiger partial charge >= 0.3 is 0 Å².